The van der Waals surface area contributed by atoms with Gasteiger partial charge in [0.05, 0.1) is 23.4 Å². The van der Waals surface area contributed by atoms with Crippen molar-refractivity contribution >= 4 is 29.1 Å². The minimum absolute atomic E-state index is 0.234. The van der Waals surface area contributed by atoms with Gasteiger partial charge < -0.3 is 15.4 Å². The highest BCUT2D eigenvalue weighted by molar-refractivity contribution is 6.34. The van der Waals surface area contributed by atoms with E-state index in [2.05, 4.69) is 10.6 Å². The molecule has 0 atom stereocenters. The van der Waals surface area contributed by atoms with Crippen LogP contribution in [-0.4, -0.2) is 26.0 Å². The predicted molar refractivity (Wildman–Crippen MR) is 85.8 cm³/mol. The summed E-state index contributed by atoms with van der Waals surface area (Å²) in [7, 11) is 3.01. The molecule has 0 aliphatic rings. The standard InChI is InChI=1S/C16H15ClN2O3/c1-18-15(20)10-7-8-13(14(9-10)22-2)19-16(21)11-5-3-4-6-12(11)17/h3-9H,1-2H3,(H,18,20)(H,19,21). The van der Waals surface area contributed by atoms with Crippen molar-refractivity contribution in [2.24, 2.45) is 0 Å². The Bertz CT molecular complexity index is 716. The van der Waals surface area contributed by atoms with E-state index in [0.717, 1.165) is 0 Å². The molecule has 0 heterocycles. The first-order valence-corrected chi connectivity index (χ1v) is 6.90. The molecule has 0 unspecified atom stereocenters. The second kappa shape index (κ2) is 6.95. The number of nitrogens with one attached hydrogen (secondary N) is 2. The van der Waals surface area contributed by atoms with Crippen LogP contribution in [0.1, 0.15) is 20.7 Å². The molecule has 22 heavy (non-hydrogen) atoms. The summed E-state index contributed by atoms with van der Waals surface area (Å²) >= 11 is 6.00. The Labute approximate surface area is 133 Å². The third-order valence-corrected chi connectivity index (χ3v) is 3.39. The van der Waals surface area contributed by atoms with Crippen LogP contribution in [0.2, 0.25) is 5.02 Å². The number of ether oxygens (including phenoxy) is 1. The van der Waals surface area contributed by atoms with E-state index in [9.17, 15) is 9.59 Å². The molecule has 6 heteroatoms. The van der Waals surface area contributed by atoms with E-state index in [1.807, 2.05) is 0 Å². The highest BCUT2D eigenvalue weighted by atomic mass is 35.5. The van der Waals surface area contributed by atoms with Crippen molar-refractivity contribution in [2.75, 3.05) is 19.5 Å². The molecule has 0 saturated heterocycles. The first-order valence-electron chi connectivity index (χ1n) is 6.52. The van der Waals surface area contributed by atoms with Crippen molar-refractivity contribution in [3.05, 3.63) is 58.6 Å². The van der Waals surface area contributed by atoms with Crippen molar-refractivity contribution in [3.8, 4) is 5.75 Å². The fourth-order valence-corrected chi connectivity index (χ4v) is 2.14. The van der Waals surface area contributed by atoms with Crippen LogP contribution >= 0.6 is 11.6 Å². The van der Waals surface area contributed by atoms with Gasteiger partial charge in [-0.2, -0.15) is 0 Å². The number of benzene rings is 2. The Hall–Kier alpha value is -2.53. The van der Waals surface area contributed by atoms with E-state index in [0.29, 0.717) is 27.6 Å². The van der Waals surface area contributed by atoms with Crippen LogP contribution in [0.3, 0.4) is 0 Å². The fraction of sp³-hybridized carbons (Fsp3) is 0.125. The zero-order chi connectivity index (χ0) is 16.1. The molecule has 5 nitrogen and oxygen atoms in total. The summed E-state index contributed by atoms with van der Waals surface area (Å²) in [6.07, 6.45) is 0. The van der Waals surface area contributed by atoms with Gasteiger partial charge >= 0.3 is 0 Å². The summed E-state index contributed by atoms with van der Waals surface area (Å²) in [6.45, 7) is 0. The lowest BCUT2D eigenvalue weighted by Crippen LogP contribution is -2.18. The Morgan fingerprint density at radius 3 is 2.45 bits per heavy atom. The number of methoxy groups -OCH3 is 1. The molecule has 2 aromatic carbocycles. The van der Waals surface area contributed by atoms with Gasteiger partial charge in [0.2, 0.25) is 0 Å². The lowest BCUT2D eigenvalue weighted by Gasteiger charge is -2.12. The molecule has 0 aliphatic carbocycles. The molecule has 0 spiro atoms. The fourth-order valence-electron chi connectivity index (χ4n) is 1.92. The smallest absolute Gasteiger partial charge is 0.257 e. The molecular formula is C16H15ClN2O3. The van der Waals surface area contributed by atoms with Crippen molar-refractivity contribution in [1.29, 1.82) is 0 Å². The van der Waals surface area contributed by atoms with Gasteiger partial charge in [-0.1, -0.05) is 23.7 Å². The monoisotopic (exact) mass is 318 g/mol. The number of amides is 2. The third kappa shape index (κ3) is 3.38. The number of anilines is 1. The number of carbonyl (C=O) groups is 2. The van der Waals surface area contributed by atoms with Crippen LogP contribution in [0.15, 0.2) is 42.5 Å². The number of hydrogen-bond donors (Lipinski definition) is 2. The second-order valence-electron chi connectivity index (χ2n) is 4.43. The lowest BCUT2D eigenvalue weighted by molar-refractivity contribution is 0.0962. The first-order chi connectivity index (χ1) is 10.6. The number of hydrogen-bond acceptors (Lipinski definition) is 3. The summed E-state index contributed by atoms with van der Waals surface area (Å²) in [4.78, 5) is 23.9. The molecule has 2 amide bonds. The van der Waals surface area contributed by atoms with Crippen molar-refractivity contribution in [2.45, 2.75) is 0 Å². The number of rotatable bonds is 4. The van der Waals surface area contributed by atoms with E-state index in [-0.39, 0.29) is 11.8 Å². The first kappa shape index (κ1) is 15.9. The van der Waals surface area contributed by atoms with Crippen LogP contribution in [0.5, 0.6) is 5.75 Å². The predicted octanol–water partition coefficient (Wildman–Crippen LogP) is 2.96. The minimum Gasteiger partial charge on any atom is -0.495 e. The highest BCUT2D eigenvalue weighted by Gasteiger charge is 2.14. The van der Waals surface area contributed by atoms with Gasteiger partial charge in [0, 0.05) is 12.6 Å². The van der Waals surface area contributed by atoms with E-state index < -0.39 is 0 Å². The normalized spacial score (nSPS) is 9.95. The maximum Gasteiger partial charge on any atom is 0.257 e. The molecule has 2 N–H and O–H groups in total. The molecule has 0 saturated carbocycles. The summed E-state index contributed by atoms with van der Waals surface area (Å²) in [5, 5.41) is 5.61. The number of halogens is 1. The molecular weight excluding hydrogens is 304 g/mol. The Morgan fingerprint density at radius 2 is 1.82 bits per heavy atom. The van der Waals surface area contributed by atoms with E-state index in [4.69, 9.17) is 16.3 Å². The van der Waals surface area contributed by atoms with E-state index in [1.165, 1.54) is 7.11 Å². The maximum atomic E-state index is 12.2. The lowest BCUT2D eigenvalue weighted by atomic mass is 10.1. The summed E-state index contributed by atoms with van der Waals surface area (Å²) in [5.41, 5.74) is 1.26. The second-order valence-corrected chi connectivity index (χ2v) is 4.84. The van der Waals surface area contributed by atoms with Crippen LogP contribution in [-0.2, 0) is 0 Å². The third-order valence-electron chi connectivity index (χ3n) is 3.06. The van der Waals surface area contributed by atoms with Gasteiger partial charge in [-0.3, -0.25) is 9.59 Å². The molecule has 114 valence electrons. The topological polar surface area (TPSA) is 67.4 Å². The van der Waals surface area contributed by atoms with E-state index in [1.54, 1.807) is 49.5 Å². The average molecular weight is 319 g/mol. The van der Waals surface area contributed by atoms with Gasteiger partial charge in [0.15, 0.2) is 0 Å². The largest absolute Gasteiger partial charge is 0.495 e. The Kier molecular flexibility index (Phi) is 5.01. The van der Waals surface area contributed by atoms with Crippen molar-refractivity contribution < 1.29 is 14.3 Å². The van der Waals surface area contributed by atoms with Crippen LogP contribution < -0.4 is 15.4 Å². The van der Waals surface area contributed by atoms with Crippen molar-refractivity contribution in [3.63, 3.8) is 0 Å². The molecule has 0 radical (unpaired) electrons. The van der Waals surface area contributed by atoms with Gasteiger partial charge in [-0.05, 0) is 30.3 Å². The van der Waals surface area contributed by atoms with E-state index >= 15 is 0 Å². The van der Waals surface area contributed by atoms with Crippen LogP contribution in [0, 0.1) is 0 Å². The molecule has 0 aromatic heterocycles. The SMILES string of the molecule is CNC(=O)c1ccc(NC(=O)c2ccccc2Cl)c(OC)c1. The zero-order valence-corrected chi connectivity index (χ0v) is 12.9. The zero-order valence-electron chi connectivity index (χ0n) is 12.1. The average Bonchev–Trinajstić information content (AvgIpc) is 2.54. The molecule has 0 bridgehead atoms. The Balaban J connectivity index is 2.28. The maximum absolute atomic E-state index is 12.2. The molecule has 0 aliphatic heterocycles. The van der Waals surface area contributed by atoms with Gasteiger partial charge in [-0.15, -0.1) is 0 Å². The van der Waals surface area contributed by atoms with Gasteiger partial charge in [0.25, 0.3) is 11.8 Å². The van der Waals surface area contributed by atoms with Crippen LogP contribution in [0.4, 0.5) is 5.69 Å². The molecule has 2 rings (SSSR count). The summed E-state index contributed by atoms with van der Waals surface area (Å²) in [6, 6.07) is 11.5. The van der Waals surface area contributed by atoms with Crippen LogP contribution in [0.25, 0.3) is 0 Å². The van der Waals surface area contributed by atoms with Gasteiger partial charge in [-0.25, -0.2) is 0 Å². The van der Waals surface area contributed by atoms with Gasteiger partial charge in [0.1, 0.15) is 5.75 Å². The summed E-state index contributed by atoms with van der Waals surface area (Å²) in [5.74, 6) is -0.194. The van der Waals surface area contributed by atoms with Crippen molar-refractivity contribution in [1.82, 2.24) is 5.32 Å². The Morgan fingerprint density at radius 1 is 1.09 bits per heavy atom. The highest BCUT2D eigenvalue weighted by Crippen LogP contribution is 2.27. The minimum atomic E-state index is -0.350. The quantitative estimate of drug-likeness (QED) is 0.910. The molecule has 2 aromatic rings. The number of carbonyl (C=O) groups excluding carboxylic acids is 2. The molecule has 0 fully saturated rings. The summed E-state index contributed by atoms with van der Waals surface area (Å²) < 4.78 is 5.22.